The second kappa shape index (κ2) is 6.10. The smallest absolute Gasteiger partial charge is 0.335 e. The average Bonchev–Trinajstić information content (AvgIpc) is 3.26. The normalized spacial score (nSPS) is 13.5. The number of fused-ring (bicyclic) bond motifs is 1. The van der Waals surface area contributed by atoms with E-state index in [4.69, 9.17) is 5.11 Å². The molecule has 1 aliphatic heterocycles. The van der Waals surface area contributed by atoms with Crippen LogP contribution in [0.15, 0.2) is 24.3 Å². The predicted molar refractivity (Wildman–Crippen MR) is 90.5 cm³/mol. The predicted octanol–water partition coefficient (Wildman–Crippen LogP) is 1.40. The SMILES string of the molecule is Cc1n[nH]nc1C(=O)N1CCc2nc(-c3cccc(C(=O)O)c3)[nH]c2C1. The number of aromatic carboxylic acids is 1. The fourth-order valence-electron chi connectivity index (χ4n) is 3.04. The number of imidazole rings is 1. The van der Waals surface area contributed by atoms with Crippen molar-refractivity contribution in [2.75, 3.05) is 6.54 Å². The van der Waals surface area contributed by atoms with Crippen LogP contribution in [0.5, 0.6) is 0 Å². The molecule has 2 aromatic heterocycles. The molecule has 26 heavy (non-hydrogen) atoms. The Morgan fingerprint density at radius 3 is 2.85 bits per heavy atom. The van der Waals surface area contributed by atoms with Crippen LogP contribution in [0.3, 0.4) is 0 Å². The van der Waals surface area contributed by atoms with E-state index in [1.807, 2.05) is 0 Å². The minimum absolute atomic E-state index is 0.175. The largest absolute Gasteiger partial charge is 0.478 e. The van der Waals surface area contributed by atoms with Crippen molar-refractivity contribution in [3.05, 3.63) is 52.6 Å². The van der Waals surface area contributed by atoms with Gasteiger partial charge < -0.3 is 15.0 Å². The van der Waals surface area contributed by atoms with Crippen molar-refractivity contribution in [1.82, 2.24) is 30.3 Å². The van der Waals surface area contributed by atoms with Crippen LogP contribution >= 0.6 is 0 Å². The Bertz CT molecular complexity index is 1010. The fraction of sp³-hybridized carbons (Fsp3) is 0.235. The highest BCUT2D eigenvalue weighted by molar-refractivity contribution is 5.93. The fourth-order valence-corrected chi connectivity index (χ4v) is 3.04. The van der Waals surface area contributed by atoms with Gasteiger partial charge in [0.05, 0.1) is 29.2 Å². The maximum atomic E-state index is 12.6. The molecule has 0 spiro atoms. The van der Waals surface area contributed by atoms with Gasteiger partial charge in [-0.1, -0.05) is 12.1 Å². The summed E-state index contributed by atoms with van der Waals surface area (Å²) in [5, 5.41) is 19.4. The highest BCUT2D eigenvalue weighted by Crippen LogP contribution is 2.24. The van der Waals surface area contributed by atoms with Crippen molar-refractivity contribution in [3.63, 3.8) is 0 Å². The molecule has 0 radical (unpaired) electrons. The number of amides is 1. The minimum atomic E-state index is -0.983. The first kappa shape index (κ1) is 16.0. The van der Waals surface area contributed by atoms with Gasteiger partial charge in [-0.05, 0) is 19.1 Å². The van der Waals surface area contributed by atoms with Crippen molar-refractivity contribution in [3.8, 4) is 11.4 Å². The molecule has 9 nitrogen and oxygen atoms in total. The maximum Gasteiger partial charge on any atom is 0.335 e. The number of H-pyrrole nitrogens is 2. The molecule has 0 aliphatic carbocycles. The number of carbonyl (C=O) groups excluding carboxylic acids is 1. The summed E-state index contributed by atoms with van der Waals surface area (Å²) >= 11 is 0. The first-order valence-electron chi connectivity index (χ1n) is 8.11. The quantitative estimate of drug-likeness (QED) is 0.654. The summed E-state index contributed by atoms with van der Waals surface area (Å²) < 4.78 is 0. The average molecular weight is 352 g/mol. The summed E-state index contributed by atoms with van der Waals surface area (Å²) in [7, 11) is 0. The number of hydrogen-bond donors (Lipinski definition) is 3. The van der Waals surface area contributed by atoms with Crippen LogP contribution in [0.1, 0.15) is 37.9 Å². The zero-order valence-electron chi connectivity index (χ0n) is 14.0. The van der Waals surface area contributed by atoms with Crippen LogP contribution in [0.2, 0.25) is 0 Å². The lowest BCUT2D eigenvalue weighted by atomic mass is 10.1. The molecule has 1 amide bonds. The second-order valence-corrected chi connectivity index (χ2v) is 6.13. The summed E-state index contributed by atoms with van der Waals surface area (Å²) in [5.41, 5.74) is 3.53. The van der Waals surface area contributed by atoms with E-state index in [9.17, 15) is 9.59 Å². The summed E-state index contributed by atoms with van der Waals surface area (Å²) in [6.45, 7) is 2.67. The summed E-state index contributed by atoms with van der Waals surface area (Å²) in [6, 6.07) is 6.60. The molecule has 0 unspecified atom stereocenters. The monoisotopic (exact) mass is 352 g/mol. The number of hydrogen-bond acceptors (Lipinski definition) is 5. The van der Waals surface area contributed by atoms with Gasteiger partial charge in [0.15, 0.2) is 5.69 Å². The Hall–Kier alpha value is -3.49. The number of carbonyl (C=O) groups is 2. The van der Waals surface area contributed by atoms with E-state index in [0.29, 0.717) is 42.3 Å². The number of benzene rings is 1. The number of carboxylic acid groups (broad SMARTS) is 1. The third-order valence-electron chi connectivity index (χ3n) is 4.43. The third-order valence-corrected chi connectivity index (χ3v) is 4.43. The van der Waals surface area contributed by atoms with E-state index in [1.54, 1.807) is 30.0 Å². The number of nitrogens with zero attached hydrogens (tertiary/aromatic N) is 4. The number of aryl methyl sites for hydroxylation is 1. The standard InChI is InChI=1S/C17H16N6O3/c1-9-14(21-22-20-9)16(24)23-6-5-12-13(8-23)19-15(18-12)10-3-2-4-11(7-10)17(25)26/h2-4,7H,5-6,8H2,1H3,(H,18,19)(H,25,26)(H,20,21,22). The highest BCUT2D eigenvalue weighted by atomic mass is 16.4. The molecule has 9 heteroatoms. The number of rotatable bonds is 3. The zero-order valence-corrected chi connectivity index (χ0v) is 14.0. The van der Waals surface area contributed by atoms with E-state index >= 15 is 0 Å². The Labute approximate surface area is 148 Å². The molecule has 0 saturated heterocycles. The zero-order chi connectivity index (χ0) is 18.3. The summed E-state index contributed by atoms with van der Waals surface area (Å²) in [6.07, 6.45) is 0.618. The van der Waals surface area contributed by atoms with E-state index in [1.165, 1.54) is 6.07 Å². The molecule has 1 aromatic carbocycles. The van der Waals surface area contributed by atoms with Crippen LogP contribution < -0.4 is 0 Å². The van der Waals surface area contributed by atoms with Crippen molar-refractivity contribution >= 4 is 11.9 Å². The van der Waals surface area contributed by atoms with Crippen molar-refractivity contribution in [2.45, 2.75) is 19.9 Å². The molecular formula is C17H16N6O3. The lowest BCUT2D eigenvalue weighted by Gasteiger charge is -2.25. The second-order valence-electron chi connectivity index (χ2n) is 6.13. The van der Waals surface area contributed by atoms with Crippen molar-refractivity contribution in [1.29, 1.82) is 0 Å². The van der Waals surface area contributed by atoms with Crippen LogP contribution in [-0.4, -0.2) is 53.8 Å². The lowest BCUT2D eigenvalue weighted by Crippen LogP contribution is -2.36. The van der Waals surface area contributed by atoms with Gasteiger partial charge in [0.25, 0.3) is 5.91 Å². The van der Waals surface area contributed by atoms with Gasteiger partial charge in [0.2, 0.25) is 0 Å². The Morgan fingerprint density at radius 2 is 2.12 bits per heavy atom. The van der Waals surface area contributed by atoms with Gasteiger partial charge in [-0.3, -0.25) is 4.79 Å². The molecule has 3 aromatic rings. The molecule has 0 bridgehead atoms. The Kier molecular flexibility index (Phi) is 3.76. The molecule has 3 heterocycles. The summed E-state index contributed by atoms with van der Waals surface area (Å²) in [4.78, 5) is 33.2. The molecule has 0 saturated carbocycles. The Balaban J connectivity index is 1.60. The highest BCUT2D eigenvalue weighted by Gasteiger charge is 2.27. The van der Waals surface area contributed by atoms with Crippen molar-refractivity contribution < 1.29 is 14.7 Å². The van der Waals surface area contributed by atoms with Crippen LogP contribution in [0.25, 0.3) is 11.4 Å². The first-order chi connectivity index (χ1) is 12.5. The summed E-state index contributed by atoms with van der Waals surface area (Å²) in [5.74, 6) is -0.557. The number of carboxylic acids is 1. The van der Waals surface area contributed by atoms with Gasteiger partial charge in [0.1, 0.15) is 5.82 Å². The molecule has 3 N–H and O–H groups in total. The van der Waals surface area contributed by atoms with E-state index < -0.39 is 5.97 Å². The minimum Gasteiger partial charge on any atom is -0.478 e. The molecular weight excluding hydrogens is 336 g/mol. The van der Waals surface area contributed by atoms with E-state index in [0.717, 1.165) is 11.4 Å². The maximum absolute atomic E-state index is 12.6. The van der Waals surface area contributed by atoms with Gasteiger partial charge in [-0.25, -0.2) is 9.78 Å². The van der Waals surface area contributed by atoms with Gasteiger partial charge >= 0.3 is 5.97 Å². The molecule has 0 atom stereocenters. The van der Waals surface area contributed by atoms with Crippen LogP contribution in [0, 0.1) is 6.92 Å². The van der Waals surface area contributed by atoms with E-state index in [-0.39, 0.29) is 11.5 Å². The first-order valence-corrected chi connectivity index (χ1v) is 8.11. The number of aromatic nitrogens is 5. The third kappa shape index (κ3) is 2.73. The van der Waals surface area contributed by atoms with Gasteiger partial charge in [-0.2, -0.15) is 15.4 Å². The van der Waals surface area contributed by atoms with Crippen LogP contribution in [-0.2, 0) is 13.0 Å². The molecule has 1 aliphatic rings. The van der Waals surface area contributed by atoms with Gasteiger partial charge in [-0.15, -0.1) is 0 Å². The number of aromatic amines is 2. The van der Waals surface area contributed by atoms with Crippen molar-refractivity contribution in [2.24, 2.45) is 0 Å². The lowest BCUT2D eigenvalue weighted by molar-refractivity contribution is 0.0694. The number of nitrogens with one attached hydrogen (secondary N) is 2. The Morgan fingerprint density at radius 1 is 1.27 bits per heavy atom. The topological polar surface area (TPSA) is 128 Å². The molecule has 132 valence electrons. The molecule has 0 fully saturated rings. The van der Waals surface area contributed by atoms with E-state index in [2.05, 4.69) is 25.4 Å². The molecule has 4 rings (SSSR count). The van der Waals surface area contributed by atoms with Crippen LogP contribution in [0.4, 0.5) is 0 Å². The van der Waals surface area contributed by atoms with Gasteiger partial charge in [0, 0.05) is 18.5 Å².